The molecule has 0 aliphatic carbocycles. The van der Waals surface area contributed by atoms with E-state index in [0.29, 0.717) is 0 Å². The third kappa shape index (κ3) is 5.88. The molecule has 6 heteroatoms. The Kier molecular flexibility index (Phi) is 10.2. The zero-order valence-electron chi connectivity index (χ0n) is 15.4. The fourth-order valence-corrected chi connectivity index (χ4v) is 3.75. The zero-order valence-corrected chi connectivity index (χ0v) is 17.8. The molecule has 0 aromatic heterocycles. The second kappa shape index (κ2) is 11.3. The van der Waals surface area contributed by atoms with Crippen LogP contribution < -0.4 is 5.32 Å². The molecule has 0 unspecified atom stereocenters. The summed E-state index contributed by atoms with van der Waals surface area (Å²) >= 11 is 0. The summed E-state index contributed by atoms with van der Waals surface area (Å²) in [7, 11) is 3.99. The summed E-state index contributed by atoms with van der Waals surface area (Å²) < 4.78 is 5.63. The van der Waals surface area contributed by atoms with Crippen LogP contribution in [0.1, 0.15) is 38.5 Å². The van der Waals surface area contributed by atoms with Crippen LogP contribution in [-0.2, 0) is 4.74 Å². The number of hydrogen-bond donors (Lipinski definition) is 1. The van der Waals surface area contributed by atoms with Gasteiger partial charge in [-0.2, -0.15) is 0 Å². The summed E-state index contributed by atoms with van der Waals surface area (Å²) in [6.07, 6.45) is 9.06. The van der Waals surface area contributed by atoms with Gasteiger partial charge >= 0.3 is 0 Å². The molecule has 140 valence electrons. The molecule has 0 bridgehead atoms. The molecule has 2 heterocycles. The van der Waals surface area contributed by atoms with Crippen molar-refractivity contribution in [3.63, 3.8) is 0 Å². The summed E-state index contributed by atoms with van der Waals surface area (Å²) in [5.74, 6) is 0.999. The van der Waals surface area contributed by atoms with Gasteiger partial charge in [-0.1, -0.05) is 6.08 Å². The van der Waals surface area contributed by atoms with Crippen molar-refractivity contribution >= 4 is 29.9 Å². The topological polar surface area (TPSA) is 40.1 Å². The van der Waals surface area contributed by atoms with Gasteiger partial charge in [-0.3, -0.25) is 9.89 Å². The van der Waals surface area contributed by atoms with E-state index in [1.807, 2.05) is 13.1 Å². The molecule has 0 amide bonds. The average Bonchev–Trinajstić information content (AvgIpc) is 3.12. The van der Waals surface area contributed by atoms with E-state index in [4.69, 9.17) is 4.74 Å². The smallest absolute Gasteiger partial charge is 0.193 e. The van der Waals surface area contributed by atoms with Crippen LogP contribution in [0.5, 0.6) is 0 Å². The van der Waals surface area contributed by atoms with Gasteiger partial charge in [0.1, 0.15) is 0 Å². The number of halogens is 1. The number of unbranched alkanes of at least 4 members (excludes halogenated alkanes) is 1. The summed E-state index contributed by atoms with van der Waals surface area (Å²) in [6, 6.07) is 0. The van der Waals surface area contributed by atoms with E-state index < -0.39 is 0 Å². The highest BCUT2D eigenvalue weighted by atomic mass is 127. The standard InChI is InChI=1S/C18H34N4O.HI/c1-4-5-6-11-21(3)17(19-2)20-16-18(9-14-23-15-10-18)22-12-7-8-13-22;/h4H,1,5-16H2,2-3H3,(H,19,20);1H. The van der Waals surface area contributed by atoms with Crippen LogP contribution in [0.15, 0.2) is 17.6 Å². The highest BCUT2D eigenvalue weighted by molar-refractivity contribution is 14.0. The van der Waals surface area contributed by atoms with Crippen LogP contribution in [0.3, 0.4) is 0 Å². The second-order valence-corrected chi connectivity index (χ2v) is 6.78. The maximum atomic E-state index is 5.63. The first-order valence-corrected chi connectivity index (χ1v) is 9.07. The number of nitrogens with one attached hydrogen (secondary N) is 1. The SMILES string of the molecule is C=CCCCN(C)C(=NC)NCC1(N2CCCC2)CCOCC1.I. The van der Waals surface area contributed by atoms with Crippen LogP contribution >= 0.6 is 24.0 Å². The molecule has 0 saturated carbocycles. The summed E-state index contributed by atoms with van der Waals surface area (Å²) in [5.41, 5.74) is 0.243. The van der Waals surface area contributed by atoms with E-state index in [1.165, 1.54) is 25.9 Å². The molecule has 2 aliphatic rings. The highest BCUT2D eigenvalue weighted by Crippen LogP contribution is 2.30. The summed E-state index contributed by atoms with van der Waals surface area (Å²) in [6.45, 7) is 9.99. The first-order chi connectivity index (χ1) is 11.2. The lowest BCUT2D eigenvalue weighted by atomic mass is 9.88. The van der Waals surface area contributed by atoms with Gasteiger partial charge in [0.05, 0.1) is 0 Å². The Hall–Kier alpha value is -0.340. The van der Waals surface area contributed by atoms with Crippen molar-refractivity contribution in [1.82, 2.24) is 15.1 Å². The lowest BCUT2D eigenvalue weighted by molar-refractivity contribution is -0.0166. The molecular weight excluding hydrogens is 415 g/mol. The minimum atomic E-state index is 0. The fourth-order valence-electron chi connectivity index (χ4n) is 3.75. The van der Waals surface area contributed by atoms with E-state index in [2.05, 4.69) is 33.7 Å². The van der Waals surface area contributed by atoms with Crippen LogP contribution in [0.4, 0.5) is 0 Å². The van der Waals surface area contributed by atoms with E-state index in [-0.39, 0.29) is 29.5 Å². The maximum Gasteiger partial charge on any atom is 0.193 e. The van der Waals surface area contributed by atoms with Gasteiger partial charge in [0, 0.05) is 45.9 Å². The van der Waals surface area contributed by atoms with Crippen molar-refractivity contribution < 1.29 is 4.74 Å². The molecule has 0 aromatic rings. The van der Waals surface area contributed by atoms with Crippen molar-refractivity contribution in [1.29, 1.82) is 0 Å². The Labute approximate surface area is 164 Å². The number of likely N-dealkylation sites (tertiary alicyclic amines) is 1. The summed E-state index contributed by atoms with van der Waals surface area (Å²) in [5, 5.41) is 3.64. The molecule has 0 radical (unpaired) electrons. The molecule has 0 atom stereocenters. The van der Waals surface area contributed by atoms with Crippen LogP contribution in [-0.4, -0.2) is 74.8 Å². The number of nitrogens with zero attached hydrogens (tertiary/aromatic N) is 3. The molecule has 2 fully saturated rings. The third-order valence-electron chi connectivity index (χ3n) is 5.25. The van der Waals surface area contributed by atoms with Gasteiger partial charge in [-0.05, 0) is 51.6 Å². The lowest BCUT2D eigenvalue weighted by Crippen LogP contribution is -2.58. The minimum absolute atomic E-state index is 0. The second-order valence-electron chi connectivity index (χ2n) is 6.78. The van der Waals surface area contributed by atoms with Crippen LogP contribution in [0, 0.1) is 0 Å². The molecule has 2 saturated heterocycles. The number of allylic oxidation sites excluding steroid dienone is 1. The fraction of sp³-hybridized carbons (Fsp3) is 0.833. The maximum absolute atomic E-state index is 5.63. The van der Waals surface area contributed by atoms with E-state index in [9.17, 15) is 0 Å². The van der Waals surface area contributed by atoms with Gasteiger partial charge in [0.15, 0.2) is 5.96 Å². The van der Waals surface area contributed by atoms with E-state index in [1.54, 1.807) is 0 Å². The lowest BCUT2D eigenvalue weighted by Gasteiger charge is -2.45. The number of hydrogen-bond acceptors (Lipinski definition) is 3. The number of ether oxygens (including phenoxy) is 1. The predicted octanol–water partition coefficient (Wildman–Crippen LogP) is 2.72. The molecule has 5 nitrogen and oxygen atoms in total. The van der Waals surface area contributed by atoms with Crippen molar-refractivity contribution in [3.05, 3.63) is 12.7 Å². The first-order valence-electron chi connectivity index (χ1n) is 9.07. The monoisotopic (exact) mass is 450 g/mol. The Morgan fingerprint density at radius 3 is 2.58 bits per heavy atom. The zero-order chi connectivity index (χ0) is 16.5. The quantitative estimate of drug-likeness (QED) is 0.213. The first kappa shape index (κ1) is 21.7. The minimum Gasteiger partial charge on any atom is -0.381 e. The Bertz CT molecular complexity index is 390. The van der Waals surface area contributed by atoms with Crippen molar-refractivity contribution in [2.75, 3.05) is 53.5 Å². The Balaban J connectivity index is 0.00000288. The van der Waals surface area contributed by atoms with Crippen molar-refractivity contribution in [3.8, 4) is 0 Å². The summed E-state index contributed by atoms with van der Waals surface area (Å²) in [4.78, 5) is 9.38. The predicted molar refractivity (Wildman–Crippen MR) is 112 cm³/mol. The van der Waals surface area contributed by atoms with Crippen LogP contribution in [0.25, 0.3) is 0 Å². The van der Waals surface area contributed by atoms with Gasteiger partial charge < -0.3 is 15.0 Å². The Morgan fingerprint density at radius 2 is 2.00 bits per heavy atom. The number of guanidine groups is 1. The van der Waals surface area contributed by atoms with Crippen LogP contribution in [0.2, 0.25) is 0 Å². The normalized spacial score (nSPS) is 21.2. The average molecular weight is 450 g/mol. The van der Waals surface area contributed by atoms with Crippen molar-refractivity contribution in [2.45, 2.75) is 44.1 Å². The molecule has 24 heavy (non-hydrogen) atoms. The number of aliphatic imine (C=N–C) groups is 1. The largest absolute Gasteiger partial charge is 0.381 e. The molecular formula is C18H35IN4O. The number of rotatable bonds is 7. The van der Waals surface area contributed by atoms with Gasteiger partial charge in [0.25, 0.3) is 0 Å². The molecule has 2 aliphatic heterocycles. The highest BCUT2D eigenvalue weighted by Gasteiger charge is 2.39. The molecule has 1 N–H and O–H groups in total. The molecule has 0 spiro atoms. The van der Waals surface area contributed by atoms with E-state index >= 15 is 0 Å². The third-order valence-corrected chi connectivity index (χ3v) is 5.25. The Morgan fingerprint density at radius 1 is 1.33 bits per heavy atom. The van der Waals surface area contributed by atoms with E-state index in [0.717, 1.165) is 57.9 Å². The molecule has 2 rings (SSSR count). The van der Waals surface area contributed by atoms with Gasteiger partial charge in [-0.25, -0.2) is 0 Å². The van der Waals surface area contributed by atoms with Gasteiger partial charge in [-0.15, -0.1) is 30.6 Å². The molecule has 0 aromatic carbocycles. The van der Waals surface area contributed by atoms with Gasteiger partial charge in [0.2, 0.25) is 0 Å². The van der Waals surface area contributed by atoms with Crippen molar-refractivity contribution in [2.24, 2.45) is 4.99 Å².